The van der Waals surface area contributed by atoms with Crippen molar-refractivity contribution in [2.45, 2.75) is 12.5 Å². The minimum atomic E-state index is -1.53. The van der Waals surface area contributed by atoms with Crippen molar-refractivity contribution >= 4 is 17.7 Å². The Kier molecular flexibility index (Phi) is 2.86. The summed E-state index contributed by atoms with van der Waals surface area (Å²) in [5.41, 5.74) is -1.03. The fourth-order valence-corrected chi connectivity index (χ4v) is 1.79. The lowest BCUT2D eigenvalue weighted by atomic mass is 10.1. The van der Waals surface area contributed by atoms with Crippen LogP contribution in [-0.4, -0.2) is 36.4 Å². The second kappa shape index (κ2) is 4.21. The first-order valence-electron chi connectivity index (χ1n) is 5.35. The average molecular weight is 251 g/mol. The van der Waals surface area contributed by atoms with Crippen molar-refractivity contribution in [1.29, 1.82) is 0 Å². The van der Waals surface area contributed by atoms with E-state index in [1.54, 1.807) is 24.3 Å². The third kappa shape index (κ3) is 1.85. The van der Waals surface area contributed by atoms with Gasteiger partial charge in [-0.3, -0.25) is 4.90 Å². The maximum atomic E-state index is 11.7. The highest BCUT2D eigenvalue weighted by atomic mass is 16.6. The Morgan fingerprint density at radius 3 is 2.72 bits per heavy atom. The summed E-state index contributed by atoms with van der Waals surface area (Å²) in [5, 5.41) is 9.05. The molecule has 1 heterocycles. The largest absolute Gasteiger partial charge is 0.495 e. The lowest BCUT2D eigenvalue weighted by Crippen LogP contribution is -2.39. The summed E-state index contributed by atoms with van der Waals surface area (Å²) in [4.78, 5) is 24.1. The topological polar surface area (TPSA) is 76.1 Å². The van der Waals surface area contributed by atoms with Crippen molar-refractivity contribution in [2.75, 3.05) is 18.6 Å². The van der Waals surface area contributed by atoms with Crippen LogP contribution in [0.1, 0.15) is 6.92 Å². The molecule has 0 aromatic heterocycles. The molecule has 1 fully saturated rings. The number of hydrogen-bond donors (Lipinski definition) is 1. The number of carbonyl (C=O) groups is 2. The molecule has 0 bridgehead atoms. The van der Waals surface area contributed by atoms with Gasteiger partial charge in [-0.05, 0) is 19.1 Å². The number of carboxylic acid groups (broad SMARTS) is 1. The minimum absolute atomic E-state index is 0.0540. The first kappa shape index (κ1) is 12.2. The summed E-state index contributed by atoms with van der Waals surface area (Å²) in [7, 11) is 1.48. The Hall–Kier alpha value is -2.24. The number of methoxy groups -OCH3 is 1. The Labute approximate surface area is 104 Å². The fourth-order valence-electron chi connectivity index (χ4n) is 1.79. The van der Waals surface area contributed by atoms with E-state index in [1.807, 2.05) is 0 Å². The molecule has 0 aliphatic carbocycles. The van der Waals surface area contributed by atoms with Crippen molar-refractivity contribution in [3.8, 4) is 5.75 Å². The van der Waals surface area contributed by atoms with Gasteiger partial charge in [0.25, 0.3) is 0 Å². The third-order valence-electron chi connectivity index (χ3n) is 2.82. The molecule has 6 heteroatoms. The molecule has 1 aliphatic rings. The molecule has 2 rings (SSSR count). The molecule has 96 valence electrons. The molecule has 1 unspecified atom stereocenters. The van der Waals surface area contributed by atoms with E-state index in [9.17, 15) is 9.59 Å². The van der Waals surface area contributed by atoms with E-state index < -0.39 is 17.7 Å². The maximum absolute atomic E-state index is 11.7. The summed E-state index contributed by atoms with van der Waals surface area (Å²) in [6.07, 6.45) is -0.690. The van der Waals surface area contributed by atoms with Gasteiger partial charge in [0.05, 0.1) is 19.3 Å². The van der Waals surface area contributed by atoms with Crippen LogP contribution in [0.3, 0.4) is 0 Å². The number of nitrogens with zero attached hydrogens (tertiary/aromatic N) is 1. The van der Waals surface area contributed by atoms with E-state index >= 15 is 0 Å². The molecule has 0 spiro atoms. The van der Waals surface area contributed by atoms with Crippen LogP contribution >= 0.6 is 0 Å². The van der Waals surface area contributed by atoms with Crippen LogP contribution in [0.5, 0.6) is 5.75 Å². The molecule has 1 aliphatic heterocycles. The van der Waals surface area contributed by atoms with Crippen molar-refractivity contribution in [3.05, 3.63) is 24.3 Å². The number of para-hydroxylation sites is 2. The molecule has 6 nitrogen and oxygen atoms in total. The zero-order valence-electron chi connectivity index (χ0n) is 10.0. The summed E-state index contributed by atoms with van der Waals surface area (Å²) >= 11 is 0. The van der Waals surface area contributed by atoms with Crippen LogP contribution in [0.4, 0.5) is 10.5 Å². The zero-order valence-corrected chi connectivity index (χ0v) is 10.0. The van der Waals surface area contributed by atoms with Crippen LogP contribution < -0.4 is 9.64 Å². The molecular weight excluding hydrogens is 238 g/mol. The van der Waals surface area contributed by atoms with Crippen LogP contribution in [0.25, 0.3) is 0 Å². The summed E-state index contributed by atoms with van der Waals surface area (Å²) in [6, 6.07) is 6.87. The number of hydrogen-bond acceptors (Lipinski definition) is 4. The Morgan fingerprint density at radius 1 is 1.50 bits per heavy atom. The average Bonchev–Trinajstić information content (AvgIpc) is 2.66. The predicted octanol–water partition coefficient (Wildman–Crippen LogP) is 1.50. The molecule has 1 aromatic carbocycles. The normalized spacial score (nSPS) is 22.8. The number of carboxylic acids is 1. The van der Waals surface area contributed by atoms with Gasteiger partial charge in [0.2, 0.25) is 5.60 Å². The molecule has 1 N–H and O–H groups in total. The second-order valence-electron chi connectivity index (χ2n) is 4.16. The smallest absolute Gasteiger partial charge is 0.415 e. The van der Waals surface area contributed by atoms with Gasteiger partial charge in [-0.25, -0.2) is 9.59 Å². The molecule has 1 atom stereocenters. The van der Waals surface area contributed by atoms with Gasteiger partial charge in [0.15, 0.2) is 0 Å². The van der Waals surface area contributed by atoms with Crippen LogP contribution in [-0.2, 0) is 9.53 Å². The number of anilines is 1. The first-order valence-corrected chi connectivity index (χ1v) is 5.35. The molecule has 1 saturated heterocycles. The van der Waals surface area contributed by atoms with Gasteiger partial charge in [0, 0.05) is 0 Å². The minimum Gasteiger partial charge on any atom is -0.495 e. The lowest BCUT2D eigenvalue weighted by Gasteiger charge is -2.17. The van der Waals surface area contributed by atoms with Crippen molar-refractivity contribution in [3.63, 3.8) is 0 Å². The van der Waals surface area contributed by atoms with Crippen LogP contribution in [0, 0.1) is 0 Å². The number of benzene rings is 1. The summed E-state index contributed by atoms with van der Waals surface area (Å²) in [6.45, 7) is 1.31. The predicted molar refractivity (Wildman–Crippen MR) is 62.9 cm³/mol. The standard InChI is InChI=1S/C12H13NO5/c1-12(10(14)15)7-13(11(16)18-12)8-5-3-4-6-9(8)17-2/h3-6H,7H2,1-2H3,(H,14,15). The van der Waals surface area contributed by atoms with E-state index in [4.69, 9.17) is 14.6 Å². The number of amides is 1. The number of ether oxygens (including phenoxy) is 2. The first-order chi connectivity index (χ1) is 8.48. The van der Waals surface area contributed by atoms with Gasteiger partial charge >= 0.3 is 12.1 Å². The van der Waals surface area contributed by atoms with Gasteiger partial charge < -0.3 is 14.6 Å². The highest BCUT2D eigenvalue weighted by Gasteiger charge is 2.48. The summed E-state index contributed by atoms with van der Waals surface area (Å²) in [5.74, 6) is -0.683. The molecule has 1 amide bonds. The van der Waals surface area contributed by atoms with Crippen molar-refractivity contribution < 1.29 is 24.2 Å². The van der Waals surface area contributed by atoms with E-state index in [0.29, 0.717) is 11.4 Å². The van der Waals surface area contributed by atoms with Gasteiger partial charge in [-0.15, -0.1) is 0 Å². The lowest BCUT2D eigenvalue weighted by molar-refractivity contribution is -0.152. The zero-order chi connectivity index (χ0) is 13.3. The van der Waals surface area contributed by atoms with Crippen molar-refractivity contribution in [2.24, 2.45) is 0 Å². The van der Waals surface area contributed by atoms with E-state index in [-0.39, 0.29) is 6.54 Å². The quantitative estimate of drug-likeness (QED) is 0.880. The molecule has 1 aromatic rings. The number of cyclic esters (lactones) is 1. The summed E-state index contributed by atoms with van der Waals surface area (Å²) < 4.78 is 10.0. The van der Waals surface area contributed by atoms with Gasteiger partial charge in [-0.1, -0.05) is 12.1 Å². The van der Waals surface area contributed by atoms with E-state index in [1.165, 1.54) is 18.9 Å². The van der Waals surface area contributed by atoms with Gasteiger partial charge in [0.1, 0.15) is 5.75 Å². The number of aliphatic carboxylic acids is 1. The Bertz CT molecular complexity index is 501. The monoisotopic (exact) mass is 251 g/mol. The fraction of sp³-hybridized carbons (Fsp3) is 0.333. The number of carbonyl (C=O) groups excluding carboxylic acids is 1. The SMILES string of the molecule is COc1ccccc1N1CC(C)(C(=O)O)OC1=O. The Morgan fingerprint density at radius 2 is 2.17 bits per heavy atom. The molecule has 18 heavy (non-hydrogen) atoms. The van der Waals surface area contributed by atoms with Crippen LogP contribution in [0.2, 0.25) is 0 Å². The van der Waals surface area contributed by atoms with E-state index in [2.05, 4.69) is 0 Å². The highest BCUT2D eigenvalue weighted by molar-refractivity contribution is 5.96. The second-order valence-corrected chi connectivity index (χ2v) is 4.16. The maximum Gasteiger partial charge on any atom is 0.415 e. The highest BCUT2D eigenvalue weighted by Crippen LogP contribution is 2.34. The molecule has 0 radical (unpaired) electrons. The molecule has 0 saturated carbocycles. The van der Waals surface area contributed by atoms with Crippen LogP contribution in [0.15, 0.2) is 24.3 Å². The van der Waals surface area contributed by atoms with Crippen molar-refractivity contribution in [1.82, 2.24) is 0 Å². The third-order valence-corrected chi connectivity index (χ3v) is 2.82. The van der Waals surface area contributed by atoms with E-state index in [0.717, 1.165) is 0 Å². The Balaban J connectivity index is 2.35. The molecular formula is C12H13NO5. The number of rotatable bonds is 3. The van der Waals surface area contributed by atoms with Gasteiger partial charge in [-0.2, -0.15) is 0 Å².